The Kier molecular flexibility index (Phi) is 27.3. The van der Waals surface area contributed by atoms with Crippen molar-refractivity contribution in [2.24, 2.45) is 26.4 Å². The first-order valence-electron chi connectivity index (χ1n) is 19.3. The van der Waals surface area contributed by atoms with Crippen molar-refractivity contribution in [1.82, 2.24) is 0 Å². The van der Waals surface area contributed by atoms with Gasteiger partial charge < -0.3 is 20.9 Å². The number of hydrogen-bond donors (Lipinski definition) is 2. The first kappa shape index (κ1) is 49.2. The van der Waals surface area contributed by atoms with Crippen LogP contribution in [-0.4, -0.2) is 70.0 Å². The zero-order valence-electron chi connectivity index (χ0n) is 32.5. The zero-order chi connectivity index (χ0) is 40.6. The summed E-state index contributed by atoms with van der Waals surface area (Å²) in [6, 6.07) is 4.45. The molecule has 0 amide bonds. The van der Waals surface area contributed by atoms with Crippen molar-refractivity contribution in [1.29, 1.82) is 5.26 Å². The number of carbonyl (C=O) groups is 2. The lowest BCUT2D eigenvalue weighted by molar-refractivity contribution is -0.161. The lowest BCUT2D eigenvalue weighted by atomic mass is 9.93. The van der Waals surface area contributed by atoms with E-state index in [4.69, 9.17) is 39.8 Å². The number of nitrogens with two attached hydrogens (primary N) is 2. The molecular weight excluding hydrogens is 737 g/mol. The number of unbranched alkanes of at least 4 members (excludes halogenated alkanes) is 12. The van der Waals surface area contributed by atoms with Gasteiger partial charge in [0.2, 0.25) is 0 Å². The van der Waals surface area contributed by atoms with Crippen LogP contribution in [-0.2, 0) is 42.8 Å². The molecule has 1 rings (SSSR count). The van der Waals surface area contributed by atoms with E-state index in [9.17, 15) is 18.5 Å². The number of benzene rings is 1. The summed E-state index contributed by atoms with van der Waals surface area (Å²) in [5.41, 5.74) is 8.37. The molecule has 0 aromatic heterocycles. The second-order valence-corrected chi connectivity index (χ2v) is 14.6. The molecule has 1 aromatic carbocycles. The second-order valence-electron chi connectivity index (χ2n) is 13.0. The van der Waals surface area contributed by atoms with E-state index >= 15 is 4.39 Å². The summed E-state index contributed by atoms with van der Waals surface area (Å²) in [7, 11) is -4.88. The van der Waals surface area contributed by atoms with E-state index in [-0.39, 0.29) is 24.8 Å². The summed E-state index contributed by atoms with van der Waals surface area (Å²) >= 11 is 0. The molecule has 0 heterocycles. The van der Waals surface area contributed by atoms with Crippen LogP contribution in [0.1, 0.15) is 129 Å². The average molecular weight is 799 g/mol. The second kappa shape index (κ2) is 30.4. The Hall–Kier alpha value is -3.77. The molecular formula is C38H61F2N6O8P. The van der Waals surface area contributed by atoms with Gasteiger partial charge in [0, 0.05) is 24.5 Å². The number of phosphoric acid groups is 1. The minimum Gasteiger partial charge on any atom is -0.462 e. The highest BCUT2D eigenvalue weighted by Crippen LogP contribution is 2.55. The van der Waals surface area contributed by atoms with Crippen LogP contribution in [0.2, 0.25) is 0 Å². The number of aliphatic imine (C=N–C) groups is 3. The van der Waals surface area contributed by atoms with Crippen molar-refractivity contribution in [3.8, 4) is 6.07 Å². The number of nitrogens with zero attached hydrogens (tertiary/aromatic N) is 4. The normalized spacial score (nSPS) is 14.5. The Morgan fingerprint density at radius 2 is 1.45 bits per heavy atom. The minimum absolute atomic E-state index is 0.0937. The molecule has 0 aliphatic heterocycles. The fourth-order valence-electron chi connectivity index (χ4n) is 5.41. The lowest BCUT2D eigenvalue weighted by Gasteiger charge is -2.34. The maximum Gasteiger partial charge on any atom is 0.475 e. The molecule has 14 nitrogen and oxygen atoms in total. The van der Waals surface area contributed by atoms with Gasteiger partial charge in [-0.25, -0.2) is 18.3 Å². The summed E-state index contributed by atoms with van der Waals surface area (Å²) in [6.07, 6.45) is 15.6. The van der Waals surface area contributed by atoms with Gasteiger partial charge in [-0.1, -0.05) is 97.0 Å². The molecule has 3 unspecified atom stereocenters. The summed E-state index contributed by atoms with van der Waals surface area (Å²) in [5.74, 6) is -3.09. The highest BCUT2D eigenvalue weighted by Gasteiger charge is 2.45. The minimum atomic E-state index is -4.88. The largest absolute Gasteiger partial charge is 0.475 e. The average Bonchev–Trinajstić information content (AvgIpc) is 3.16. The van der Waals surface area contributed by atoms with Crippen molar-refractivity contribution < 1.29 is 46.0 Å². The van der Waals surface area contributed by atoms with E-state index in [2.05, 4.69) is 28.8 Å². The quantitative estimate of drug-likeness (QED) is 0.0229. The first-order chi connectivity index (χ1) is 26.6. The molecule has 0 saturated carbocycles. The highest BCUT2D eigenvalue weighted by atomic mass is 31.2. The van der Waals surface area contributed by atoms with E-state index in [0.717, 1.165) is 102 Å². The number of phosphoric ester groups is 1. The van der Waals surface area contributed by atoms with E-state index in [0.29, 0.717) is 18.9 Å². The molecule has 0 fully saturated rings. The fraction of sp³-hybridized carbons (Fsp3) is 0.684. The topological polar surface area (TPSA) is 210 Å². The van der Waals surface area contributed by atoms with Gasteiger partial charge >= 0.3 is 19.8 Å². The van der Waals surface area contributed by atoms with Crippen LogP contribution in [0.4, 0.5) is 8.78 Å². The zero-order valence-corrected chi connectivity index (χ0v) is 33.4. The predicted molar refractivity (Wildman–Crippen MR) is 209 cm³/mol. The Bertz CT molecular complexity index is 1410. The molecule has 55 heavy (non-hydrogen) atoms. The van der Waals surface area contributed by atoms with Crippen LogP contribution < -0.4 is 11.5 Å². The first-order valence-corrected chi connectivity index (χ1v) is 20.7. The van der Waals surface area contributed by atoms with E-state index in [1.165, 1.54) is 6.42 Å². The SMILES string of the molecule is CCCCCCCCCC(=O)OCC(COP(=O)(OCCC#N)OC(CN=CN)(CN=CN=CN)c1ccc(F)cc1F)OC(=O)CCCCCCCCC. The van der Waals surface area contributed by atoms with Crippen molar-refractivity contribution in [2.75, 3.05) is 32.9 Å². The van der Waals surface area contributed by atoms with Crippen molar-refractivity contribution >= 4 is 38.8 Å². The molecule has 0 spiro atoms. The summed E-state index contributed by atoms with van der Waals surface area (Å²) < 4.78 is 72.1. The molecule has 0 radical (unpaired) electrons. The van der Waals surface area contributed by atoms with Gasteiger partial charge in [0.1, 0.15) is 30.2 Å². The van der Waals surface area contributed by atoms with Gasteiger partial charge in [0.05, 0.1) is 51.5 Å². The third kappa shape index (κ3) is 22.4. The highest BCUT2D eigenvalue weighted by molar-refractivity contribution is 7.48. The van der Waals surface area contributed by atoms with Gasteiger partial charge in [0.15, 0.2) is 6.10 Å². The molecule has 4 N–H and O–H groups in total. The standard InChI is InChI=1S/C38H61F2N6O8P/c1-3-5-7-9-11-13-15-18-36(47)50-25-33(53-37(48)19-16-14-12-10-8-6-4-2)26-52-55(49,51-23-17-22-41)54-38(27-44-29-42,28-45-31-46-30-43)34-21-20-32(39)24-35(34)40/h20-21,24,29-31,33H,3-19,23,25-28H2,1-2H3,(H2,42,44)(H2,43,45,46). The molecule has 3 atom stereocenters. The number of carbonyl (C=O) groups excluding carboxylic acids is 2. The Balaban J connectivity index is 3.31. The number of hydrogen-bond acceptors (Lipinski definition) is 11. The lowest BCUT2D eigenvalue weighted by Crippen LogP contribution is -2.38. The maximum absolute atomic E-state index is 15.4. The Morgan fingerprint density at radius 3 is 2.04 bits per heavy atom. The Labute approximate surface area is 325 Å². The number of halogens is 2. The molecule has 1 aromatic rings. The number of ether oxygens (including phenoxy) is 2. The number of nitriles is 1. The van der Waals surface area contributed by atoms with Crippen LogP contribution in [0.5, 0.6) is 0 Å². The molecule has 0 aliphatic carbocycles. The predicted octanol–water partition coefficient (Wildman–Crippen LogP) is 7.97. The van der Waals surface area contributed by atoms with Gasteiger partial charge in [-0.3, -0.25) is 33.1 Å². The van der Waals surface area contributed by atoms with E-state index < -0.39 is 76.0 Å². The van der Waals surface area contributed by atoms with Crippen LogP contribution in [0, 0.1) is 23.0 Å². The van der Waals surface area contributed by atoms with Crippen molar-refractivity contribution in [3.63, 3.8) is 0 Å². The molecule has 17 heteroatoms. The summed E-state index contributed by atoms with van der Waals surface area (Å²) in [4.78, 5) is 37.3. The van der Waals surface area contributed by atoms with Crippen molar-refractivity contribution in [3.05, 3.63) is 35.4 Å². The van der Waals surface area contributed by atoms with Crippen LogP contribution in [0.25, 0.3) is 0 Å². The summed E-state index contributed by atoms with van der Waals surface area (Å²) in [5, 5.41) is 9.16. The van der Waals surface area contributed by atoms with E-state index in [1.807, 2.05) is 6.07 Å². The monoisotopic (exact) mass is 798 g/mol. The molecule has 0 saturated heterocycles. The van der Waals surface area contributed by atoms with Crippen LogP contribution in [0.15, 0.2) is 33.2 Å². The third-order valence-corrected chi connectivity index (χ3v) is 9.86. The van der Waals surface area contributed by atoms with Crippen LogP contribution in [0.3, 0.4) is 0 Å². The Morgan fingerprint density at radius 1 is 0.855 bits per heavy atom. The van der Waals surface area contributed by atoms with Crippen molar-refractivity contribution in [2.45, 2.75) is 135 Å². The van der Waals surface area contributed by atoms with Gasteiger partial charge in [-0.05, 0) is 18.9 Å². The van der Waals surface area contributed by atoms with Gasteiger partial charge in [-0.15, -0.1) is 0 Å². The maximum atomic E-state index is 15.4. The van der Waals surface area contributed by atoms with E-state index in [1.54, 1.807) is 0 Å². The fourth-order valence-corrected chi connectivity index (χ4v) is 6.90. The number of rotatable bonds is 33. The number of esters is 2. The van der Waals surface area contributed by atoms with Gasteiger partial charge in [0.25, 0.3) is 0 Å². The van der Waals surface area contributed by atoms with Crippen LogP contribution >= 0.6 is 7.82 Å². The molecule has 0 aliphatic rings. The summed E-state index contributed by atoms with van der Waals surface area (Å²) in [6.45, 7) is 1.72. The molecule has 310 valence electrons. The third-order valence-electron chi connectivity index (χ3n) is 8.32. The van der Waals surface area contributed by atoms with Gasteiger partial charge in [-0.2, -0.15) is 5.26 Å². The molecule has 0 bridgehead atoms. The smallest absolute Gasteiger partial charge is 0.462 e.